The van der Waals surface area contributed by atoms with Crippen LogP contribution in [-0.2, 0) is 11.0 Å². The quantitative estimate of drug-likeness (QED) is 0.581. The van der Waals surface area contributed by atoms with E-state index >= 15 is 0 Å². The number of rotatable bonds is 4. The molecule has 1 unspecified atom stereocenters. The van der Waals surface area contributed by atoms with E-state index in [2.05, 4.69) is 15.0 Å². The minimum absolute atomic E-state index is 0.0527. The van der Waals surface area contributed by atoms with Crippen LogP contribution < -0.4 is 9.80 Å². The predicted octanol–water partition coefficient (Wildman–Crippen LogP) is 4.32. The first-order valence-corrected chi connectivity index (χ1v) is 8.78. The molecule has 1 aliphatic heterocycles. The van der Waals surface area contributed by atoms with Gasteiger partial charge in [-0.05, 0) is 32.2 Å². The summed E-state index contributed by atoms with van der Waals surface area (Å²) in [7, 11) is 0. The number of benzene rings is 1. The Balaban J connectivity index is 2.10. The molecule has 1 aromatic carbocycles. The number of imidazole rings is 1. The Kier molecular flexibility index (Phi) is 2.48. The maximum absolute atomic E-state index is 13.8. The fraction of sp³-hybridized carbons (Fsp3) is 0.364. The molecule has 3 heterocycles. The highest BCUT2D eigenvalue weighted by atomic mass is 19.4. The fourth-order valence-electron chi connectivity index (χ4n) is 3.13. The average Bonchev–Trinajstić information content (AvgIpc) is 3.38. The van der Waals surface area contributed by atoms with E-state index in [1.165, 1.54) is 0 Å². The van der Waals surface area contributed by atoms with Crippen LogP contribution in [0.4, 0.5) is 24.7 Å². The third-order valence-electron chi connectivity index (χ3n) is 4.62. The third-order valence-corrected chi connectivity index (χ3v) is 4.62. The van der Waals surface area contributed by atoms with Crippen LogP contribution in [0.15, 0.2) is 42.9 Å². The first-order valence-electron chi connectivity index (χ1n) is 16.3. The molecule has 0 N–H and O–H groups in total. The first-order chi connectivity index (χ1) is 21.1. The van der Waals surface area contributed by atoms with Crippen molar-refractivity contribution in [3.63, 3.8) is 0 Å². The van der Waals surface area contributed by atoms with Gasteiger partial charge >= 0.3 is 6.18 Å². The number of likely N-dealkylation sites (N-methyl/N-ethyl adjacent to an activating group) is 1. The summed E-state index contributed by atoms with van der Waals surface area (Å²) in [6.45, 7) is -15.3. The van der Waals surface area contributed by atoms with Crippen molar-refractivity contribution >= 4 is 17.4 Å². The Morgan fingerprint density at radius 1 is 1.25 bits per heavy atom. The van der Waals surface area contributed by atoms with E-state index in [0.29, 0.717) is 6.20 Å². The van der Waals surface area contributed by atoms with Gasteiger partial charge in [0.15, 0.2) is 5.82 Å². The molecule has 0 saturated carbocycles. The summed E-state index contributed by atoms with van der Waals surface area (Å²) >= 11 is 0. The Labute approximate surface area is 204 Å². The van der Waals surface area contributed by atoms with Gasteiger partial charge in [-0.25, -0.2) is 9.97 Å². The Morgan fingerprint density at radius 3 is 2.69 bits per heavy atom. The van der Waals surface area contributed by atoms with Crippen molar-refractivity contribution in [2.45, 2.75) is 45.2 Å². The zero-order chi connectivity index (χ0) is 35.9. The largest absolute Gasteiger partial charge is 0.416 e. The van der Waals surface area contributed by atoms with Crippen molar-refractivity contribution < 1.29 is 38.5 Å². The molecule has 10 heteroatoms. The number of amides is 1. The molecule has 32 heavy (non-hydrogen) atoms. The second-order valence-corrected chi connectivity index (χ2v) is 6.51. The van der Waals surface area contributed by atoms with E-state index in [4.69, 9.17) is 20.6 Å². The van der Waals surface area contributed by atoms with Crippen LogP contribution in [0.2, 0.25) is 0 Å². The molecule has 3 aromatic rings. The Morgan fingerprint density at radius 2 is 2.03 bits per heavy atom. The van der Waals surface area contributed by atoms with Crippen LogP contribution in [-0.4, -0.2) is 44.5 Å². The minimum atomic E-state index is -4.67. The number of halogens is 3. The Bertz CT molecular complexity index is 1650. The molecule has 4 rings (SSSR count). The average molecular weight is 460 g/mol. The number of aromatic nitrogens is 4. The second-order valence-electron chi connectivity index (χ2n) is 6.51. The van der Waals surface area contributed by atoms with Gasteiger partial charge in [0, 0.05) is 50.1 Å². The smallest absolute Gasteiger partial charge is 0.340 e. The summed E-state index contributed by atoms with van der Waals surface area (Å²) in [6.07, 6.45) is -5.64. The van der Waals surface area contributed by atoms with Gasteiger partial charge in [-0.15, -0.1) is 0 Å². The molecule has 0 spiro atoms. The van der Waals surface area contributed by atoms with Gasteiger partial charge in [-0.2, -0.15) is 18.2 Å². The van der Waals surface area contributed by atoms with Crippen LogP contribution in [0.25, 0.3) is 17.3 Å². The highest BCUT2D eigenvalue weighted by Crippen LogP contribution is 2.36. The molecule has 168 valence electrons. The van der Waals surface area contributed by atoms with E-state index in [1.807, 2.05) is 0 Å². The molecule has 1 amide bonds. The molecule has 0 aliphatic carbocycles. The highest BCUT2D eigenvalue weighted by Gasteiger charge is 2.38. The van der Waals surface area contributed by atoms with Gasteiger partial charge in [0.05, 0.1) is 13.1 Å². The van der Waals surface area contributed by atoms with E-state index in [0.717, 1.165) is 41.2 Å². The first kappa shape index (κ1) is 10.0. The number of hydrogen-bond donors (Lipinski definition) is 0. The van der Waals surface area contributed by atoms with Crippen molar-refractivity contribution in [3.8, 4) is 17.3 Å². The number of anilines is 2. The van der Waals surface area contributed by atoms with Crippen molar-refractivity contribution in [2.75, 3.05) is 16.8 Å². The number of carbonyl (C=O) groups excluding carboxylic acids is 1. The van der Waals surface area contributed by atoms with Crippen molar-refractivity contribution in [3.05, 3.63) is 48.4 Å². The van der Waals surface area contributed by atoms with Gasteiger partial charge in [0.1, 0.15) is 17.6 Å². The summed E-state index contributed by atoms with van der Waals surface area (Å²) in [5, 5.41) is 0. The normalized spacial score (nSPS) is 25.9. The molecular formula is C22H23F3N6O. The molecule has 2 aromatic heterocycles. The summed E-state index contributed by atoms with van der Waals surface area (Å²) < 4.78 is 161. The summed E-state index contributed by atoms with van der Waals surface area (Å²) in [5.74, 6) is -3.78. The lowest BCUT2D eigenvalue weighted by atomic mass is 10.1. The van der Waals surface area contributed by atoms with Crippen LogP contribution in [0.5, 0.6) is 0 Å². The molecule has 0 bridgehead atoms. The van der Waals surface area contributed by atoms with Gasteiger partial charge < -0.3 is 9.80 Å². The van der Waals surface area contributed by atoms with Crippen molar-refractivity contribution in [1.82, 2.24) is 19.5 Å². The standard InChI is InChI=1S/C22H23F3N6O/c1-5-16-20(32)29(4)17-12-27-21(28-19(17)31(16)13(2)3)30-11-10-26-18(30)14-6-8-15(9-7-14)22(23,24)25/h6-13,16H,5H2,1-4H3/i1D3,2D3,3D3,4D3,5D2,13D. The fourth-order valence-corrected chi connectivity index (χ4v) is 3.13. The molecular weight excluding hydrogens is 421 g/mol. The topological polar surface area (TPSA) is 67.2 Å². The molecule has 0 radical (unpaired) electrons. The maximum Gasteiger partial charge on any atom is 0.416 e. The van der Waals surface area contributed by atoms with Crippen molar-refractivity contribution in [1.29, 1.82) is 0 Å². The van der Waals surface area contributed by atoms with Gasteiger partial charge in [-0.1, -0.05) is 19.0 Å². The maximum atomic E-state index is 13.8. The number of alkyl halides is 3. The highest BCUT2D eigenvalue weighted by molar-refractivity contribution is 6.04. The Hall–Kier alpha value is -3.43. The number of hydrogen-bond acceptors (Lipinski definition) is 5. The summed E-state index contributed by atoms with van der Waals surface area (Å²) in [6, 6.07) is -3.56. The molecule has 7 nitrogen and oxygen atoms in total. The molecule has 1 aliphatic rings. The second kappa shape index (κ2) is 7.92. The van der Waals surface area contributed by atoms with Crippen molar-refractivity contribution in [2.24, 2.45) is 0 Å². The zero-order valence-electron chi connectivity index (χ0n) is 30.8. The van der Waals surface area contributed by atoms with E-state index in [-0.39, 0.29) is 21.2 Å². The monoisotopic (exact) mass is 459 g/mol. The predicted molar refractivity (Wildman–Crippen MR) is 115 cm³/mol. The van der Waals surface area contributed by atoms with Gasteiger partial charge in [0.25, 0.3) is 0 Å². The van der Waals surface area contributed by atoms with E-state index < -0.39 is 81.1 Å². The summed E-state index contributed by atoms with van der Waals surface area (Å²) in [4.78, 5) is 25.6. The van der Waals surface area contributed by atoms with Gasteiger partial charge in [0.2, 0.25) is 11.9 Å². The lowest BCUT2D eigenvalue weighted by molar-refractivity contribution is -0.137. The van der Waals surface area contributed by atoms with Crippen LogP contribution in [0, 0.1) is 0 Å². The van der Waals surface area contributed by atoms with E-state index in [1.54, 1.807) is 0 Å². The van der Waals surface area contributed by atoms with E-state index in [9.17, 15) is 18.0 Å². The molecule has 0 fully saturated rings. The minimum Gasteiger partial charge on any atom is -0.340 e. The lowest BCUT2D eigenvalue weighted by Crippen LogP contribution is -2.55. The molecule has 1 atom stereocenters. The van der Waals surface area contributed by atoms with Crippen LogP contribution >= 0.6 is 0 Å². The zero-order valence-corrected chi connectivity index (χ0v) is 15.8. The lowest BCUT2D eigenvalue weighted by Gasteiger charge is -2.42. The molecule has 0 saturated heterocycles. The number of carbonyl (C=O) groups is 1. The number of nitrogens with zero attached hydrogens (tertiary/aromatic N) is 6. The van der Waals surface area contributed by atoms with Crippen LogP contribution in [0.1, 0.15) is 53.1 Å². The SMILES string of the molecule is [2H]C([2H])([2H])N1C(=O)C(C([2H])([2H])C([2H])([2H])[2H])N(C([2H])(C([2H])([2H])[2H])C([2H])([2H])[2H])c2nc(-n3ccnc3-c3ccc(C(F)(F)F)cc3)ncc21. The number of fused-ring (bicyclic) bond motifs is 1. The third kappa shape index (κ3) is 3.59. The van der Waals surface area contributed by atoms with Crippen LogP contribution in [0.3, 0.4) is 0 Å². The summed E-state index contributed by atoms with van der Waals surface area (Å²) in [5.41, 5.74) is -1.86. The van der Waals surface area contributed by atoms with Gasteiger partial charge in [-0.3, -0.25) is 9.36 Å².